The van der Waals surface area contributed by atoms with E-state index in [2.05, 4.69) is 225 Å². The second-order valence-corrected chi connectivity index (χ2v) is 19.0. The van der Waals surface area contributed by atoms with Crippen LogP contribution < -0.4 is 0 Å². The van der Waals surface area contributed by atoms with Gasteiger partial charge < -0.3 is 4.57 Å². The van der Waals surface area contributed by atoms with Crippen molar-refractivity contribution in [2.45, 2.75) is 12.8 Å². The fraction of sp³-hybridized carbons (Fsp3) is 0.0303. The molecular weight excluding hydrogens is 905 g/mol. The van der Waals surface area contributed by atoms with E-state index in [4.69, 9.17) is 19.9 Å². The summed E-state index contributed by atoms with van der Waals surface area (Å²) in [5.74, 6) is 2.73. The van der Waals surface area contributed by atoms with Gasteiger partial charge in [-0.25, -0.2) is 9.97 Å². The molecule has 0 N–H and O–H groups in total. The summed E-state index contributed by atoms with van der Waals surface area (Å²) in [6.07, 6.45) is 8.69. The third-order valence-electron chi connectivity index (χ3n) is 14.7. The normalized spacial score (nSPS) is 12.8. The molecule has 0 bridgehead atoms. The zero-order valence-electron chi connectivity index (χ0n) is 40.1. The van der Waals surface area contributed by atoms with Gasteiger partial charge in [0.1, 0.15) is 11.3 Å². The van der Waals surface area contributed by atoms with Crippen LogP contribution in [-0.4, -0.2) is 38.2 Å². The third kappa shape index (κ3) is 6.62. The van der Waals surface area contributed by atoms with E-state index in [1.807, 2.05) is 36.4 Å². The number of imidazole rings is 1. The van der Waals surface area contributed by atoms with Crippen molar-refractivity contribution in [3.05, 3.63) is 243 Å². The molecule has 8 heteroatoms. The average molecular weight is 949 g/mol. The molecule has 9 aromatic carbocycles. The van der Waals surface area contributed by atoms with E-state index in [0.29, 0.717) is 17.6 Å². The fourth-order valence-electron chi connectivity index (χ4n) is 11.3. The Hall–Kier alpha value is -9.92. The average Bonchev–Trinajstić information content (AvgIpc) is 4.27. The number of fused-ring (bicyclic) bond motifs is 9. The molecule has 0 amide bonds. The number of benzene rings is 9. The lowest BCUT2D eigenvalue weighted by Gasteiger charge is -2.14. The highest BCUT2D eigenvalue weighted by Gasteiger charge is 2.26. The molecular formula is C66H44N8. The Morgan fingerprint density at radius 2 is 0.838 bits per heavy atom. The molecule has 1 aliphatic rings. The van der Waals surface area contributed by atoms with Crippen LogP contribution in [0.2, 0.25) is 0 Å². The van der Waals surface area contributed by atoms with Gasteiger partial charge >= 0.3 is 0 Å². The second kappa shape index (κ2) is 16.9. The van der Waals surface area contributed by atoms with Crippen LogP contribution in [0.15, 0.2) is 243 Å². The molecule has 0 radical (unpaired) electrons. The Morgan fingerprint density at radius 3 is 1.46 bits per heavy atom. The van der Waals surface area contributed by atoms with Crippen LogP contribution >= 0.6 is 0 Å². The summed E-state index contributed by atoms with van der Waals surface area (Å²) < 4.78 is 9.40. The molecule has 0 spiro atoms. The van der Waals surface area contributed by atoms with Crippen LogP contribution in [-0.2, 0) is 0 Å². The first-order valence-corrected chi connectivity index (χ1v) is 25.2. The van der Waals surface area contributed by atoms with Gasteiger partial charge in [-0.05, 0) is 96.8 Å². The minimum atomic E-state index is 0.573. The topological polar surface area (TPSA) is 71.3 Å². The summed E-state index contributed by atoms with van der Waals surface area (Å²) in [5, 5.41) is 5.77. The summed E-state index contributed by atoms with van der Waals surface area (Å²) >= 11 is 0. The van der Waals surface area contributed by atoms with Crippen LogP contribution in [0.5, 0.6) is 0 Å². The zero-order valence-corrected chi connectivity index (χ0v) is 40.1. The van der Waals surface area contributed by atoms with Gasteiger partial charge in [0.25, 0.3) is 0 Å². The molecule has 0 aliphatic heterocycles. The smallest absolute Gasteiger partial charge is 0.238 e. The Kier molecular flexibility index (Phi) is 9.53. The van der Waals surface area contributed by atoms with Gasteiger partial charge in [0.15, 0.2) is 17.3 Å². The van der Waals surface area contributed by atoms with E-state index in [9.17, 15) is 0 Å². The molecule has 5 aromatic heterocycles. The standard InChI is InChI=1S/C66H44N8/c1-7-21-43(22-8-1)62-67-63(44-23-9-2-10-24-44)69-66(68-62)74-56-34-20-19-33-51(56)52-39-46(36-38-58(52)74)47-35-37-57-53(40-47)54-41-60-55(42-59(54)71(57)48-27-13-4-14-28-48)61-65(72(60)49-29-15-5-16-30-49)70-64(45-25-11-3-12-26-45)73(61)50-31-17-6-18-32-50/h1-13,15-27,29-42H,14,28H2. The second-order valence-electron chi connectivity index (χ2n) is 19.0. The molecule has 0 saturated heterocycles. The molecule has 15 rings (SSSR count). The largest absolute Gasteiger partial charge is 0.313 e. The molecule has 1 aliphatic carbocycles. The minimum absolute atomic E-state index is 0.573. The number of aromatic nitrogens is 8. The van der Waals surface area contributed by atoms with Crippen molar-refractivity contribution in [1.29, 1.82) is 0 Å². The molecule has 0 atom stereocenters. The van der Waals surface area contributed by atoms with Crippen molar-refractivity contribution in [2.75, 3.05) is 0 Å². The van der Waals surface area contributed by atoms with Crippen molar-refractivity contribution in [1.82, 2.24) is 38.2 Å². The van der Waals surface area contributed by atoms with Gasteiger partial charge in [-0.2, -0.15) is 9.97 Å². The number of para-hydroxylation sites is 3. The first-order chi connectivity index (χ1) is 36.7. The molecule has 14 aromatic rings. The molecule has 0 unspecified atom stereocenters. The first kappa shape index (κ1) is 41.8. The monoisotopic (exact) mass is 948 g/mol. The number of hydrogen-bond donors (Lipinski definition) is 0. The quantitative estimate of drug-likeness (QED) is 0.152. The fourth-order valence-corrected chi connectivity index (χ4v) is 11.3. The Balaban J connectivity index is 0.963. The Bertz CT molecular complexity index is 4500. The van der Waals surface area contributed by atoms with Crippen LogP contribution in [0.1, 0.15) is 12.8 Å². The van der Waals surface area contributed by atoms with Crippen molar-refractivity contribution in [2.24, 2.45) is 0 Å². The van der Waals surface area contributed by atoms with E-state index in [-0.39, 0.29) is 0 Å². The highest BCUT2D eigenvalue weighted by atomic mass is 15.2. The maximum atomic E-state index is 5.57. The van der Waals surface area contributed by atoms with E-state index in [0.717, 1.165) is 102 Å². The Morgan fingerprint density at radius 1 is 0.338 bits per heavy atom. The zero-order chi connectivity index (χ0) is 48.7. The molecule has 348 valence electrons. The van der Waals surface area contributed by atoms with Crippen LogP contribution in [0.25, 0.3) is 134 Å². The van der Waals surface area contributed by atoms with E-state index in [1.54, 1.807) is 0 Å². The van der Waals surface area contributed by atoms with Gasteiger partial charge in [0.2, 0.25) is 5.95 Å². The van der Waals surface area contributed by atoms with Crippen LogP contribution in [0.3, 0.4) is 0 Å². The van der Waals surface area contributed by atoms with Crippen molar-refractivity contribution >= 4 is 71.4 Å². The molecule has 0 saturated carbocycles. The lowest BCUT2D eigenvalue weighted by molar-refractivity contribution is 0.953. The lowest BCUT2D eigenvalue weighted by Crippen LogP contribution is -2.06. The van der Waals surface area contributed by atoms with Crippen molar-refractivity contribution in [3.63, 3.8) is 0 Å². The van der Waals surface area contributed by atoms with Crippen molar-refractivity contribution < 1.29 is 0 Å². The number of allylic oxidation sites excluding steroid dienone is 4. The summed E-state index contributed by atoms with van der Waals surface area (Å²) in [7, 11) is 0. The van der Waals surface area contributed by atoms with Gasteiger partial charge in [-0.15, -0.1) is 0 Å². The summed E-state index contributed by atoms with van der Waals surface area (Å²) in [6, 6.07) is 79.4. The van der Waals surface area contributed by atoms with Gasteiger partial charge in [0, 0.05) is 60.7 Å². The van der Waals surface area contributed by atoms with Crippen molar-refractivity contribution in [3.8, 4) is 62.6 Å². The number of hydrogen-bond acceptors (Lipinski definition) is 4. The molecule has 8 nitrogen and oxygen atoms in total. The van der Waals surface area contributed by atoms with Gasteiger partial charge in [0.05, 0.1) is 27.6 Å². The Labute approximate surface area is 425 Å². The lowest BCUT2D eigenvalue weighted by atomic mass is 10.0. The molecule has 74 heavy (non-hydrogen) atoms. The minimum Gasteiger partial charge on any atom is -0.313 e. The highest BCUT2D eigenvalue weighted by Crippen LogP contribution is 2.44. The SMILES string of the molecule is C1=CCCC(n2c3ccc(-c4ccc5c(c4)c4ccccc4n5-c4nc(-c5ccccc5)nc(-c5ccccc5)n4)cc3c3cc4c(cc32)c2c(nc(-c3ccccc3)n2-c2ccccc2)n4-c2ccccc2)=C1. The van der Waals surface area contributed by atoms with Crippen LogP contribution in [0, 0.1) is 0 Å². The molecule has 5 heterocycles. The van der Waals surface area contributed by atoms with Crippen LogP contribution in [0.4, 0.5) is 0 Å². The van der Waals surface area contributed by atoms with E-state index in [1.165, 1.54) is 27.5 Å². The number of rotatable bonds is 8. The predicted molar refractivity (Wildman–Crippen MR) is 303 cm³/mol. The molecule has 0 fully saturated rings. The first-order valence-electron chi connectivity index (χ1n) is 25.2. The maximum absolute atomic E-state index is 5.57. The van der Waals surface area contributed by atoms with Gasteiger partial charge in [-0.1, -0.05) is 170 Å². The van der Waals surface area contributed by atoms with E-state index >= 15 is 0 Å². The third-order valence-corrected chi connectivity index (χ3v) is 14.7. The highest BCUT2D eigenvalue weighted by molar-refractivity contribution is 6.20. The van der Waals surface area contributed by atoms with Gasteiger partial charge in [-0.3, -0.25) is 13.7 Å². The van der Waals surface area contributed by atoms with E-state index < -0.39 is 0 Å². The summed E-state index contributed by atoms with van der Waals surface area (Å²) in [5.41, 5.74) is 16.1. The summed E-state index contributed by atoms with van der Waals surface area (Å²) in [6.45, 7) is 0. The predicted octanol–water partition coefficient (Wildman–Crippen LogP) is 16.2. The summed E-state index contributed by atoms with van der Waals surface area (Å²) in [4.78, 5) is 20.9. The maximum Gasteiger partial charge on any atom is 0.238 e. The number of nitrogens with zero attached hydrogens (tertiary/aromatic N) is 8.